The summed E-state index contributed by atoms with van der Waals surface area (Å²) >= 11 is 1.32. The molecule has 0 fully saturated rings. The fraction of sp³-hybridized carbons (Fsp3) is 0.235. The fourth-order valence-corrected chi connectivity index (χ4v) is 2.72. The Bertz CT molecular complexity index is 724. The quantitative estimate of drug-likeness (QED) is 0.748. The van der Waals surface area contributed by atoms with E-state index in [9.17, 15) is 14.4 Å². The summed E-state index contributed by atoms with van der Waals surface area (Å²) in [7, 11) is 0. The van der Waals surface area contributed by atoms with Crippen molar-refractivity contribution in [3.63, 3.8) is 0 Å². The van der Waals surface area contributed by atoms with Gasteiger partial charge in [0, 0.05) is 11.3 Å². The van der Waals surface area contributed by atoms with Gasteiger partial charge in [0.2, 0.25) is 11.8 Å². The van der Waals surface area contributed by atoms with E-state index in [0.717, 1.165) is 0 Å². The molecule has 0 saturated carbocycles. The van der Waals surface area contributed by atoms with Gasteiger partial charge in [-0.15, -0.1) is 11.3 Å². The highest BCUT2D eigenvalue weighted by atomic mass is 32.1. The lowest BCUT2D eigenvalue weighted by molar-refractivity contribution is -0.118. The zero-order valence-electron chi connectivity index (χ0n) is 13.4. The highest BCUT2D eigenvalue weighted by Crippen LogP contribution is 2.13. The van der Waals surface area contributed by atoms with Crippen LogP contribution in [-0.2, 0) is 4.79 Å². The minimum Gasteiger partial charge on any atom is -0.366 e. The van der Waals surface area contributed by atoms with Crippen LogP contribution in [-0.4, -0.2) is 23.8 Å². The number of hydrogen-bond donors (Lipinski definition) is 3. The van der Waals surface area contributed by atoms with Crippen molar-refractivity contribution in [1.29, 1.82) is 0 Å². The van der Waals surface area contributed by atoms with E-state index in [1.807, 2.05) is 13.8 Å². The minimum absolute atomic E-state index is 0.0844. The van der Waals surface area contributed by atoms with Gasteiger partial charge < -0.3 is 16.4 Å². The lowest BCUT2D eigenvalue weighted by atomic mass is 10.0. The van der Waals surface area contributed by atoms with E-state index in [1.54, 1.807) is 29.6 Å². The molecule has 3 amide bonds. The third kappa shape index (κ3) is 4.42. The first-order valence-electron chi connectivity index (χ1n) is 7.43. The predicted molar refractivity (Wildman–Crippen MR) is 94.0 cm³/mol. The average molecular weight is 345 g/mol. The summed E-state index contributed by atoms with van der Waals surface area (Å²) < 4.78 is 0. The molecule has 4 N–H and O–H groups in total. The molecule has 0 aliphatic rings. The van der Waals surface area contributed by atoms with Crippen LogP contribution in [0.4, 0.5) is 5.69 Å². The van der Waals surface area contributed by atoms with Gasteiger partial charge in [-0.2, -0.15) is 0 Å². The zero-order valence-corrected chi connectivity index (χ0v) is 14.2. The second-order valence-corrected chi connectivity index (χ2v) is 6.55. The van der Waals surface area contributed by atoms with Crippen molar-refractivity contribution < 1.29 is 14.4 Å². The number of nitrogens with one attached hydrogen (secondary N) is 2. The molecule has 0 unspecified atom stereocenters. The average Bonchev–Trinajstić information content (AvgIpc) is 3.07. The molecule has 0 saturated heterocycles. The van der Waals surface area contributed by atoms with Crippen molar-refractivity contribution in [1.82, 2.24) is 5.32 Å². The van der Waals surface area contributed by atoms with Crippen LogP contribution >= 0.6 is 11.3 Å². The number of rotatable bonds is 6. The maximum Gasteiger partial charge on any atom is 0.262 e. The van der Waals surface area contributed by atoms with E-state index < -0.39 is 11.9 Å². The van der Waals surface area contributed by atoms with Crippen molar-refractivity contribution in [2.75, 3.05) is 5.32 Å². The van der Waals surface area contributed by atoms with Crippen LogP contribution in [0.25, 0.3) is 0 Å². The monoisotopic (exact) mass is 345 g/mol. The van der Waals surface area contributed by atoms with Crippen LogP contribution in [0.2, 0.25) is 0 Å². The van der Waals surface area contributed by atoms with Gasteiger partial charge in [-0.25, -0.2) is 0 Å². The molecule has 0 radical (unpaired) electrons. The molecular formula is C17H19N3O3S. The lowest BCUT2D eigenvalue weighted by Gasteiger charge is -2.21. The first kappa shape index (κ1) is 17.7. The predicted octanol–water partition coefficient (Wildman–Crippen LogP) is 2.24. The second kappa shape index (κ2) is 7.74. The van der Waals surface area contributed by atoms with Crippen molar-refractivity contribution in [2.24, 2.45) is 11.7 Å². The molecule has 0 aliphatic heterocycles. The Labute approximate surface area is 144 Å². The first-order chi connectivity index (χ1) is 11.4. The summed E-state index contributed by atoms with van der Waals surface area (Å²) in [6.07, 6.45) is 0. The maximum atomic E-state index is 12.5. The van der Waals surface area contributed by atoms with Gasteiger partial charge in [0.05, 0.1) is 4.88 Å². The molecule has 0 spiro atoms. The molecule has 0 bridgehead atoms. The topological polar surface area (TPSA) is 101 Å². The van der Waals surface area contributed by atoms with Crippen LogP contribution in [0.3, 0.4) is 0 Å². The Balaban J connectivity index is 2.06. The van der Waals surface area contributed by atoms with Crippen LogP contribution < -0.4 is 16.4 Å². The number of nitrogens with two attached hydrogens (primary N) is 1. The van der Waals surface area contributed by atoms with Gasteiger partial charge in [0.25, 0.3) is 5.91 Å². The molecule has 24 heavy (non-hydrogen) atoms. The molecule has 1 aromatic heterocycles. The largest absolute Gasteiger partial charge is 0.366 e. The third-order valence-corrected chi connectivity index (χ3v) is 4.29. The summed E-state index contributed by atoms with van der Waals surface area (Å²) in [5.74, 6) is -1.21. The molecule has 1 aromatic carbocycles. The van der Waals surface area contributed by atoms with Crippen molar-refractivity contribution in [3.8, 4) is 0 Å². The van der Waals surface area contributed by atoms with Crippen molar-refractivity contribution >= 4 is 34.7 Å². The highest BCUT2D eigenvalue weighted by molar-refractivity contribution is 7.12. The lowest BCUT2D eigenvalue weighted by Crippen LogP contribution is -2.46. The van der Waals surface area contributed by atoms with Gasteiger partial charge in [0.1, 0.15) is 6.04 Å². The van der Waals surface area contributed by atoms with E-state index in [1.165, 1.54) is 23.5 Å². The SMILES string of the molecule is CC(C)[C@@H](NC(=O)c1cccs1)C(=O)Nc1ccc(C(N)=O)cc1. The summed E-state index contributed by atoms with van der Waals surface area (Å²) in [5, 5.41) is 7.30. The molecule has 2 rings (SSSR count). The summed E-state index contributed by atoms with van der Waals surface area (Å²) in [5.41, 5.74) is 6.07. The minimum atomic E-state index is -0.671. The number of anilines is 1. The molecule has 126 valence electrons. The van der Waals surface area contributed by atoms with E-state index in [4.69, 9.17) is 5.73 Å². The maximum absolute atomic E-state index is 12.5. The smallest absolute Gasteiger partial charge is 0.262 e. The molecule has 0 aliphatic carbocycles. The second-order valence-electron chi connectivity index (χ2n) is 5.60. The van der Waals surface area contributed by atoms with Gasteiger partial charge in [-0.05, 0) is 41.6 Å². The molecule has 1 atom stereocenters. The Hall–Kier alpha value is -2.67. The summed E-state index contributed by atoms with van der Waals surface area (Å²) in [4.78, 5) is 36.2. The number of carbonyl (C=O) groups is 3. The molecule has 1 heterocycles. The van der Waals surface area contributed by atoms with Gasteiger partial charge >= 0.3 is 0 Å². The summed E-state index contributed by atoms with van der Waals surface area (Å²) in [6.45, 7) is 3.71. The Morgan fingerprint density at radius 2 is 1.75 bits per heavy atom. The van der Waals surface area contributed by atoms with E-state index in [0.29, 0.717) is 16.1 Å². The number of hydrogen-bond acceptors (Lipinski definition) is 4. The van der Waals surface area contributed by atoms with Crippen LogP contribution in [0.1, 0.15) is 33.9 Å². The van der Waals surface area contributed by atoms with Gasteiger partial charge in [0.15, 0.2) is 0 Å². The van der Waals surface area contributed by atoms with Crippen LogP contribution in [0.5, 0.6) is 0 Å². The van der Waals surface area contributed by atoms with E-state index in [-0.39, 0.29) is 17.7 Å². The number of carbonyl (C=O) groups excluding carboxylic acids is 3. The normalized spacial score (nSPS) is 11.8. The van der Waals surface area contributed by atoms with Gasteiger partial charge in [-0.3, -0.25) is 14.4 Å². The number of thiophene rings is 1. The standard InChI is InChI=1S/C17H19N3O3S/c1-10(2)14(20-16(22)13-4-3-9-24-13)17(23)19-12-7-5-11(6-8-12)15(18)21/h3-10,14H,1-2H3,(H2,18,21)(H,19,23)(H,20,22)/t14-/m1/s1. The Morgan fingerprint density at radius 3 is 2.25 bits per heavy atom. The van der Waals surface area contributed by atoms with Crippen molar-refractivity contribution in [3.05, 3.63) is 52.2 Å². The molecule has 7 heteroatoms. The highest BCUT2D eigenvalue weighted by Gasteiger charge is 2.25. The Kier molecular flexibility index (Phi) is 5.70. The Morgan fingerprint density at radius 1 is 1.08 bits per heavy atom. The number of amides is 3. The molecule has 2 aromatic rings. The van der Waals surface area contributed by atoms with E-state index >= 15 is 0 Å². The fourth-order valence-electron chi connectivity index (χ4n) is 2.09. The zero-order chi connectivity index (χ0) is 17.7. The van der Waals surface area contributed by atoms with Crippen LogP contribution in [0, 0.1) is 5.92 Å². The first-order valence-corrected chi connectivity index (χ1v) is 8.31. The summed E-state index contributed by atoms with van der Waals surface area (Å²) in [6, 6.07) is 9.07. The van der Waals surface area contributed by atoms with Gasteiger partial charge in [-0.1, -0.05) is 19.9 Å². The van der Waals surface area contributed by atoms with Crippen molar-refractivity contribution in [2.45, 2.75) is 19.9 Å². The molecule has 6 nitrogen and oxygen atoms in total. The van der Waals surface area contributed by atoms with Crippen LogP contribution in [0.15, 0.2) is 41.8 Å². The number of benzene rings is 1. The third-order valence-electron chi connectivity index (χ3n) is 3.42. The number of primary amides is 1. The molecular weight excluding hydrogens is 326 g/mol. The van der Waals surface area contributed by atoms with E-state index in [2.05, 4.69) is 10.6 Å².